The van der Waals surface area contributed by atoms with Gasteiger partial charge in [-0.25, -0.2) is 0 Å². The van der Waals surface area contributed by atoms with Crippen molar-refractivity contribution in [1.29, 1.82) is 0 Å². The molecule has 2 heterocycles. The van der Waals surface area contributed by atoms with Gasteiger partial charge in [-0.15, -0.1) is 24.0 Å². The van der Waals surface area contributed by atoms with E-state index in [-0.39, 0.29) is 35.5 Å². The third kappa shape index (κ3) is 4.71. The molecular weight excluding hydrogens is 533 g/mol. The van der Waals surface area contributed by atoms with Crippen molar-refractivity contribution in [3.05, 3.63) is 52.3 Å². The number of aliphatic imine (C=N–C) groups is 1. The second kappa shape index (κ2) is 9.13. The van der Waals surface area contributed by atoms with E-state index in [1.807, 2.05) is 31.2 Å². The van der Waals surface area contributed by atoms with E-state index in [2.05, 4.69) is 60.5 Å². The summed E-state index contributed by atoms with van der Waals surface area (Å²) in [6.07, 6.45) is 6.38. The highest BCUT2D eigenvalue weighted by Crippen LogP contribution is 2.48. The second-order valence-corrected chi connectivity index (χ2v) is 8.36. The summed E-state index contributed by atoms with van der Waals surface area (Å²) < 4.78 is 8.92. The van der Waals surface area contributed by atoms with Crippen LogP contribution in [0.2, 0.25) is 0 Å². The van der Waals surface area contributed by atoms with Gasteiger partial charge in [-0.1, -0.05) is 28.1 Å². The van der Waals surface area contributed by atoms with E-state index < -0.39 is 0 Å². The van der Waals surface area contributed by atoms with E-state index >= 15 is 0 Å². The van der Waals surface area contributed by atoms with Gasteiger partial charge in [-0.3, -0.25) is 9.67 Å². The monoisotopic (exact) mass is 559 g/mol. The number of benzene rings is 1. The summed E-state index contributed by atoms with van der Waals surface area (Å²) in [5, 5.41) is 7.89. The molecule has 1 unspecified atom stereocenters. The topological polar surface area (TPSA) is 54.7 Å². The molecule has 1 aliphatic heterocycles. The molecule has 0 amide bonds. The molecule has 0 radical (unpaired) electrons. The van der Waals surface area contributed by atoms with E-state index in [1.54, 1.807) is 0 Å². The van der Waals surface area contributed by atoms with Gasteiger partial charge in [0.1, 0.15) is 6.10 Å². The zero-order chi connectivity index (χ0) is 18.9. The fourth-order valence-electron chi connectivity index (χ4n) is 3.77. The van der Waals surface area contributed by atoms with Gasteiger partial charge < -0.3 is 15.0 Å². The van der Waals surface area contributed by atoms with Gasteiger partial charge in [0.05, 0.1) is 19.3 Å². The molecule has 1 aromatic heterocycles. The van der Waals surface area contributed by atoms with Crippen molar-refractivity contribution in [2.45, 2.75) is 24.4 Å². The lowest BCUT2D eigenvalue weighted by atomic mass is 9.96. The summed E-state index contributed by atoms with van der Waals surface area (Å²) >= 11 is 3.60. The van der Waals surface area contributed by atoms with Gasteiger partial charge in [0.25, 0.3) is 0 Å². The predicted octanol–water partition coefficient (Wildman–Crippen LogP) is 3.48. The van der Waals surface area contributed by atoms with E-state index in [0.717, 1.165) is 35.6 Å². The normalized spacial score (nSPS) is 21.2. The maximum Gasteiger partial charge on any atom is 0.193 e. The van der Waals surface area contributed by atoms with Crippen molar-refractivity contribution in [2.75, 3.05) is 33.3 Å². The van der Waals surface area contributed by atoms with E-state index in [9.17, 15) is 0 Å². The molecule has 4 rings (SSSR count). The van der Waals surface area contributed by atoms with Crippen LogP contribution in [0.15, 0.2) is 46.1 Å². The lowest BCUT2D eigenvalue weighted by Crippen LogP contribution is -2.49. The highest BCUT2D eigenvalue weighted by molar-refractivity contribution is 14.0. The largest absolute Gasteiger partial charge is 0.370 e. The molecule has 1 atom stereocenters. The number of aromatic nitrogens is 2. The number of halogens is 2. The van der Waals surface area contributed by atoms with Crippen LogP contribution >= 0.6 is 39.9 Å². The fraction of sp³-hybridized carbons (Fsp3) is 0.500. The molecule has 1 aliphatic carbocycles. The zero-order valence-electron chi connectivity index (χ0n) is 16.3. The Morgan fingerprint density at radius 2 is 2.25 bits per heavy atom. The number of nitrogens with one attached hydrogen (secondary N) is 1. The number of ether oxygens (including phenoxy) is 1. The first kappa shape index (κ1) is 21.6. The molecule has 6 nitrogen and oxygen atoms in total. The van der Waals surface area contributed by atoms with Crippen molar-refractivity contribution in [2.24, 2.45) is 12.0 Å². The summed E-state index contributed by atoms with van der Waals surface area (Å²) in [6.45, 7) is 3.23. The minimum atomic E-state index is 0. The van der Waals surface area contributed by atoms with E-state index in [0.29, 0.717) is 6.61 Å². The SMILES string of the molecule is CN=C(NCC1(c2cccc(Br)c2)CC1)N1CCOC(c2cnn(C)c2)C1.I. The van der Waals surface area contributed by atoms with Crippen molar-refractivity contribution in [3.8, 4) is 0 Å². The number of rotatable bonds is 4. The maximum atomic E-state index is 5.96. The third-order valence-electron chi connectivity index (χ3n) is 5.55. The summed E-state index contributed by atoms with van der Waals surface area (Å²) in [5.41, 5.74) is 2.75. The molecule has 8 heteroatoms. The van der Waals surface area contributed by atoms with Gasteiger partial charge in [0.15, 0.2) is 5.96 Å². The second-order valence-electron chi connectivity index (χ2n) is 7.44. The van der Waals surface area contributed by atoms with Crippen LogP contribution in [0.25, 0.3) is 0 Å². The molecule has 1 saturated heterocycles. The molecule has 0 spiro atoms. The number of hydrogen-bond donors (Lipinski definition) is 1. The Morgan fingerprint density at radius 3 is 2.89 bits per heavy atom. The maximum absolute atomic E-state index is 5.96. The summed E-state index contributed by atoms with van der Waals surface area (Å²) in [7, 11) is 3.79. The van der Waals surface area contributed by atoms with E-state index in [1.165, 1.54) is 18.4 Å². The predicted molar refractivity (Wildman–Crippen MR) is 125 cm³/mol. The highest BCUT2D eigenvalue weighted by atomic mass is 127. The Bertz CT molecular complexity index is 836. The molecule has 0 bridgehead atoms. The smallest absolute Gasteiger partial charge is 0.193 e. The van der Waals surface area contributed by atoms with Crippen molar-refractivity contribution in [3.63, 3.8) is 0 Å². The number of guanidine groups is 1. The number of morpholine rings is 1. The first-order valence-electron chi connectivity index (χ1n) is 9.41. The fourth-order valence-corrected chi connectivity index (χ4v) is 4.17. The molecule has 1 aromatic carbocycles. The van der Waals surface area contributed by atoms with Crippen molar-refractivity contribution < 1.29 is 4.74 Å². The van der Waals surface area contributed by atoms with Crippen molar-refractivity contribution in [1.82, 2.24) is 20.0 Å². The summed E-state index contributed by atoms with van der Waals surface area (Å²) in [6, 6.07) is 8.67. The minimum absolute atomic E-state index is 0. The van der Waals surface area contributed by atoms with Crippen LogP contribution in [0.1, 0.15) is 30.1 Å². The number of nitrogens with zero attached hydrogens (tertiary/aromatic N) is 4. The Balaban J connectivity index is 0.00000225. The third-order valence-corrected chi connectivity index (χ3v) is 6.04. The number of hydrogen-bond acceptors (Lipinski definition) is 3. The van der Waals surface area contributed by atoms with Crippen LogP contribution in [0.3, 0.4) is 0 Å². The van der Waals surface area contributed by atoms with Crippen LogP contribution in [-0.2, 0) is 17.2 Å². The van der Waals surface area contributed by atoms with Gasteiger partial charge in [0.2, 0.25) is 0 Å². The van der Waals surface area contributed by atoms with Crippen LogP contribution in [0.5, 0.6) is 0 Å². The van der Waals surface area contributed by atoms with Crippen molar-refractivity contribution >= 4 is 45.9 Å². The quantitative estimate of drug-likeness (QED) is 0.354. The molecule has 2 aromatic rings. The molecule has 152 valence electrons. The highest BCUT2D eigenvalue weighted by Gasteiger charge is 2.44. The molecule has 1 saturated carbocycles. The summed E-state index contributed by atoms with van der Waals surface area (Å²) in [4.78, 5) is 6.82. The standard InChI is InChI=1S/C20H26BrN5O.HI/c1-22-19(23-14-20(6-7-20)16-4-3-5-17(21)10-16)26-8-9-27-18(13-26)15-11-24-25(2)12-15;/h3-5,10-12,18H,6-9,13-14H2,1-2H3,(H,22,23);1H. The van der Waals surface area contributed by atoms with Crippen LogP contribution in [-0.4, -0.2) is 53.9 Å². The Labute approximate surface area is 191 Å². The zero-order valence-corrected chi connectivity index (χ0v) is 20.2. The minimum Gasteiger partial charge on any atom is -0.370 e. The van der Waals surface area contributed by atoms with Crippen LogP contribution < -0.4 is 5.32 Å². The van der Waals surface area contributed by atoms with Gasteiger partial charge >= 0.3 is 0 Å². The van der Waals surface area contributed by atoms with Gasteiger partial charge in [-0.05, 0) is 30.5 Å². The molecule has 2 fully saturated rings. The Morgan fingerprint density at radius 1 is 1.43 bits per heavy atom. The van der Waals surface area contributed by atoms with E-state index in [4.69, 9.17) is 4.74 Å². The first-order valence-corrected chi connectivity index (χ1v) is 10.2. The average Bonchev–Trinajstić information content (AvgIpc) is 3.35. The van der Waals surface area contributed by atoms with Gasteiger partial charge in [-0.2, -0.15) is 5.10 Å². The van der Waals surface area contributed by atoms with Crippen LogP contribution in [0.4, 0.5) is 0 Å². The lowest BCUT2D eigenvalue weighted by molar-refractivity contribution is -0.00805. The molecule has 1 N–H and O–H groups in total. The van der Waals surface area contributed by atoms with Gasteiger partial charge in [0, 0.05) is 48.8 Å². The molecule has 28 heavy (non-hydrogen) atoms. The lowest BCUT2D eigenvalue weighted by Gasteiger charge is -2.35. The van der Waals surface area contributed by atoms with Crippen LogP contribution in [0, 0.1) is 0 Å². The molecular formula is C20H27BrIN5O. The first-order chi connectivity index (χ1) is 13.1. The Hall–Kier alpha value is -1.13. The average molecular weight is 560 g/mol. The summed E-state index contributed by atoms with van der Waals surface area (Å²) in [5.74, 6) is 0.952. The molecule has 2 aliphatic rings. The Kier molecular flexibility index (Phi) is 7.03. The number of aryl methyl sites for hydroxylation is 1.